The molecule has 2 aromatic heterocycles. The average Bonchev–Trinajstić information content (AvgIpc) is 2.47. The Bertz CT molecular complexity index is 478. The molecule has 0 aromatic carbocycles. The zero-order valence-electron chi connectivity index (χ0n) is 8.42. The Labute approximate surface area is 97.0 Å². The Kier molecular flexibility index (Phi) is 4.08. The summed E-state index contributed by atoms with van der Waals surface area (Å²) in [5.41, 5.74) is 3.98. The van der Waals surface area contributed by atoms with Gasteiger partial charge in [-0.15, -0.1) is 10.2 Å². The van der Waals surface area contributed by atoms with Gasteiger partial charge in [0, 0.05) is 19.9 Å². The molecule has 0 aliphatic rings. The third-order valence-electron chi connectivity index (χ3n) is 1.53. The fourth-order valence-electron chi connectivity index (χ4n) is 1.08. The van der Waals surface area contributed by atoms with Gasteiger partial charge in [-0.05, 0) is 16.3 Å². The van der Waals surface area contributed by atoms with Crippen molar-refractivity contribution >= 4 is 16.3 Å². The number of aryl methyl sites for hydroxylation is 2. The van der Waals surface area contributed by atoms with E-state index >= 15 is 0 Å². The molecule has 0 aliphatic heterocycles. The lowest BCUT2D eigenvalue weighted by Crippen LogP contribution is -2.68. The second-order valence-electron chi connectivity index (χ2n) is 2.85. The Hall–Kier alpha value is -0.900. The van der Waals surface area contributed by atoms with Crippen LogP contribution in [0.5, 0.6) is 0 Å². The topological polar surface area (TPSA) is 122 Å². The summed E-state index contributed by atoms with van der Waals surface area (Å²) in [5, 5.41) is 4.13. The van der Waals surface area contributed by atoms with Crippen molar-refractivity contribution in [3.05, 3.63) is 23.0 Å². The molecule has 0 aliphatic carbocycles. The minimum atomic E-state index is -4.94. The van der Waals surface area contributed by atoms with Gasteiger partial charge in [0.25, 0.3) is 0 Å². The maximum Gasteiger partial charge on any atom is 0.409 e. The summed E-state index contributed by atoms with van der Waals surface area (Å²) < 4.78 is 35.8. The Morgan fingerprint density at radius 1 is 1.25 bits per heavy atom. The predicted octanol–water partition coefficient (Wildman–Crippen LogP) is -3.86. The van der Waals surface area contributed by atoms with Gasteiger partial charge >= 0.3 is 4.96 Å². The van der Waals surface area contributed by atoms with Crippen LogP contribution in [0.2, 0.25) is 0 Å². The van der Waals surface area contributed by atoms with Crippen LogP contribution in [0.3, 0.4) is 0 Å². The van der Waals surface area contributed by atoms with Crippen molar-refractivity contribution in [2.45, 2.75) is 13.8 Å². The molecular weight excluding hydrogens is 258 g/mol. The van der Waals surface area contributed by atoms with E-state index in [1.807, 2.05) is 24.4 Å². The molecule has 0 bridgehead atoms. The third-order valence-corrected chi connectivity index (χ3v) is 2.20. The Morgan fingerprint density at radius 3 is 2.38 bits per heavy atom. The molecule has 0 amide bonds. The lowest BCUT2D eigenvalue weighted by Gasteiger charge is -2.17. The monoisotopic (exact) mass is 265 g/mol. The number of rotatable bonds is 0. The highest BCUT2D eigenvalue weighted by molar-refractivity contribution is 7.14. The van der Waals surface area contributed by atoms with Gasteiger partial charge in [-0.2, -0.15) is 0 Å². The summed E-state index contributed by atoms with van der Waals surface area (Å²) >= 11 is 1.56. The zero-order valence-corrected chi connectivity index (χ0v) is 9.99. The van der Waals surface area contributed by atoms with Crippen LogP contribution in [0.1, 0.15) is 11.4 Å². The molecule has 2 aromatic rings. The maximum atomic E-state index is 8.49. The van der Waals surface area contributed by atoms with Gasteiger partial charge in [-0.1, -0.05) is 9.61 Å². The van der Waals surface area contributed by atoms with E-state index in [0.717, 1.165) is 16.3 Å². The second-order valence-corrected chi connectivity index (χ2v) is 4.42. The van der Waals surface area contributed by atoms with Crippen molar-refractivity contribution in [2.75, 3.05) is 0 Å². The van der Waals surface area contributed by atoms with Crippen LogP contribution in [0, 0.1) is 24.1 Å². The molecule has 0 unspecified atom stereocenters. The number of fused-ring (bicyclic) bond motifs is 1. The first-order valence-electron chi connectivity index (χ1n) is 3.99. The van der Waals surface area contributed by atoms with Gasteiger partial charge in [-0.3, -0.25) is 0 Å². The zero-order chi connectivity index (χ0) is 12.3. The van der Waals surface area contributed by atoms with E-state index in [1.54, 1.807) is 16.8 Å². The molecule has 7 nitrogen and oxygen atoms in total. The van der Waals surface area contributed by atoms with Crippen LogP contribution in [0.25, 0.3) is 4.96 Å². The summed E-state index contributed by atoms with van der Waals surface area (Å²) in [4.78, 5) is 5.28. The van der Waals surface area contributed by atoms with Crippen LogP contribution >= 0.6 is 11.3 Å². The van der Waals surface area contributed by atoms with E-state index in [1.165, 1.54) is 0 Å². The highest BCUT2D eigenvalue weighted by Crippen LogP contribution is 2.02. The van der Waals surface area contributed by atoms with Crippen LogP contribution in [-0.4, -0.2) is 10.1 Å². The Morgan fingerprint density at radius 2 is 1.81 bits per heavy atom. The van der Waals surface area contributed by atoms with Crippen LogP contribution in [-0.2, 0) is 0 Å². The van der Waals surface area contributed by atoms with Crippen molar-refractivity contribution in [1.82, 2.24) is 10.1 Å². The predicted molar refractivity (Wildman–Crippen MR) is 42.5 cm³/mol. The van der Waals surface area contributed by atoms with Gasteiger partial charge in [0.15, 0.2) is 5.69 Å². The van der Waals surface area contributed by atoms with Crippen LogP contribution < -0.4 is 23.2 Å². The van der Waals surface area contributed by atoms with Crippen LogP contribution in [0.4, 0.5) is 0 Å². The summed E-state index contributed by atoms with van der Waals surface area (Å²) in [6.07, 6.45) is 0. The molecule has 0 saturated heterocycles. The second kappa shape index (κ2) is 4.95. The lowest BCUT2D eigenvalue weighted by atomic mass is 10.4. The van der Waals surface area contributed by atoms with Gasteiger partial charge in [0.2, 0.25) is 0 Å². The average molecular weight is 266 g/mol. The molecule has 16 heavy (non-hydrogen) atoms. The first-order valence-corrected chi connectivity index (χ1v) is 6.10. The molecule has 88 valence electrons. The van der Waals surface area contributed by atoms with Gasteiger partial charge in [0.1, 0.15) is 11.2 Å². The molecule has 0 fully saturated rings. The lowest BCUT2D eigenvalue weighted by molar-refractivity contribution is -2.00. The molecule has 0 spiro atoms. The van der Waals surface area contributed by atoms with Crippen molar-refractivity contribution < 1.29 is 33.4 Å². The fourth-order valence-corrected chi connectivity index (χ4v) is 1.80. The molecule has 0 saturated carbocycles. The highest BCUT2D eigenvalue weighted by atomic mass is 35.7. The van der Waals surface area contributed by atoms with Crippen molar-refractivity contribution in [2.24, 2.45) is 0 Å². The normalized spacial score (nSPS) is 11.1. The number of nitrogens with zero attached hydrogens (tertiary/aromatic N) is 3. The molecule has 2 rings (SSSR count). The van der Waals surface area contributed by atoms with Gasteiger partial charge in [-0.25, -0.2) is 18.6 Å². The maximum absolute atomic E-state index is 8.49. The number of halogens is 1. The standard InChI is InChI=1S/C7H8N3S.ClHO4/c1-5-3-6(2)10-7(9-5)11-4-8-10;2-1(3,4)5/h3-4H,1-2H3;(H,2,3,4,5)/q+1;/p-1. The van der Waals surface area contributed by atoms with Crippen molar-refractivity contribution in [3.63, 3.8) is 0 Å². The number of hydrogen-bond donors (Lipinski definition) is 0. The minimum Gasteiger partial charge on any atom is -0.222 e. The van der Waals surface area contributed by atoms with Crippen LogP contribution in [0.15, 0.2) is 11.6 Å². The SMILES string of the molecule is Cc1cc(C)[n+]2ncsc2n1.[O-][Cl+3]([O-])([O-])[O-]. The number of aromatic nitrogens is 3. The largest absolute Gasteiger partial charge is 0.409 e. The molecule has 0 radical (unpaired) electrons. The number of hydrogen-bond acceptors (Lipinski definition) is 7. The fraction of sp³-hybridized carbons (Fsp3) is 0.286. The highest BCUT2D eigenvalue weighted by Gasteiger charge is 2.10. The van der Waals surface area contributed by atoms with E-state index in [9.17, 15) is 0 Å². The Balaban J connectivity index is 0.000000221. The molecule has 2 heterocycles. The van der Waals surface area contributed by atoms with Gasteiger partial charge in [0.05, 0.1) is 0 Å². The van der Waals surface area contributed by atoms with E-state index in [-0.39, 0.29) is 0 Å². The summed E-state index contributed by atoms with van der Waals surface area (Å²) in [7, 11) is -4.94. The summed E-state index contributed by atoms with van der Waals surface area (Å²) in [6, 6.07) is 2.02. The molecular formula is C7H8ClN3O4S. The third kappa shape index (κ3) is 4.31. The quantitative estimate of drug-likeness (QED) is 0.449. The minimum absolute atomic E-state index is 0.961. The van der Waals surface area contributed by atoms with Crippen molar-refractivity contribution in [3.8, 4) is 0 Å². The van der Waals surface area contributed by atoms with E-state index in [2.05, 4.69) is 10.1 Å². The van der Waals surface area contributed by atoms with E-state index < -0.39 is 10.2 Å². The first kappa shape index (κ1) is 13.2. The first-order chi connectivity index (χ1) is 7.27. The van der Waals surface area contributed by atoms with Crippen molar-refractivity contribution in [1.29, 1.82) is 0 Å². The molecule has 0 N–H and O–H groups in total. The molecule has 9 heteroatoms. The summed E-state index contributed by atoms with van der Waals surface area (Å²) in [5.74, 6) is 0. The summed E-state index contributed by atoms with van der Waals surface area (Å²) in [6.45, 7) is 4.02. The molecule has 0 atom stereocenters. The van der Waals surface area contributed by atoms with Gasteiger partial charge < -0.3 is 0 Å². The smallest absolute Gasteiger partial charge is 0.222 e. The van der Waals surface area contributed by atoms with E-state index in [0.29, 0.717) is 0 Å². The van der Waals surface area contributed by atoms with E-state index in [4.69, 9.17) is 18.6 Å².